The van der Waals surface area contributed by atoms with Crippen LogP contribution in [0, 0.1) is 13.8 Å². The number of hydrogen-bond acceptors (Lipinski definition) is 4. The zero-order chi connectivity index (χ0) is 29.5. The molecule has 1 saturated carbocycles. The van der Waals surface area contributed by atoms with Crippen LogP contribution in [0.5, 0.6) is 0 Å². The van der Waals surface area contributed by atoms with Crippen molar-refractivity contribution in [2.45, 2.75) is 66.0 Å². The van der Waals surface area contributed by atoms with Gasteiger partial charge in [-0.15, -0.1) is 0 Å². The van der Waals surface area contributed by atoms with Gasteiger partial charge in [0.1, 0.15) is 0 Å². The fraction of sp³-hybridized carbons (Fsp3) is 0.378. The molecule has 3 aromatic carbocycles. The van der Waals surface area contributed by atoms with Crippen LogP contribution in [0.1, 0.15) is 77.2 Å². The van der Waals surface area contributed by atoms with Crippen LogP contribution >= 0.6 is 0 Å². The Morgan fingerprint density at radius 2 is 1.55 bits per heavy atom. The summed E-state index contributed by atoms with van der Waals surface area (Å²) in [6.45, 7) is 12.2. The van der Waals surface area contributed by atoms with Gasteiger partial charge in [0.25, 0.3) is 5.91 Å². The molecule has 2 fully saturated rings. The average Bonchev–Trinajstić information content (AvgIpc) is 3.00. The van der Waals surface area contributed by atoms with Crippen molar-refractivity contribution in [2.24, 2.45) is 5.73 Å². The van der Waals surface area contributed by atoms with Crippen molar-refractivity contribution in [3.63, 3.8) is 0 Å². The fourth-order valence-corrected chi connectivity index (χ4v) is 6.24. The molecule has 3 N–H and O–H groups in total. The molecule has 220 valence electrons. The summed E-state index contributed by atoms with van der Waals surface area (Å²) in [5.74, 6) is -0.0751. The van der Waals surface area contributed by atoms with Gasteiger partial charge in [0.05, 0.1) is 0 Å². The van der Waals surface area contributed by atoms with E-state index in [0.29, 0.717) is 0 Å². The Balaban J connectivity index is 1.25. The number of amides is 1. The first-order valence-corrected chi connectivity index (χ1v) is 15.6. The molecule has 1 saturated heterocycles. The molecule has 5 heteroatoms. The molecular weight excluding hydrogens is 516 g/mol. The van der Waals surface area contributed by atoms with Gasteiger partial charge in [-0.2, -0.15) is 0 Å². The van der Waals surface area contributed by atoms with E-state index in [2.05, 4.69) is 78.4 Å². The summed E-state index contributed by atoms with van der Waals surface area (Å²) >= 11 is 0. The Morgan fingerprint density at radius 1 is 0.857 bits per heavy atom. The van der Waals surface area contributed by atoms with Gasteiger partial charge in [0.15, 0.2) is 0 Å². The minimum absolute atomic E-state index is 0.0751. The van der Waals surface area contributed by atoms with Gasteiger partial charge >= 0.3 is 0 Å². The maximum absolute atomic E-state index is 13.6. The number of benzene rings is 3. The van der Waals surface area contributed by atoms with Gasteiger partial charge in [-0.3, -0.25) is 14.6 Å². The largest absolute Gasteiger partial charge is 0.398 e. The molecule has 0 radical (unpaired) electrons. The van der Waals surface area contributed by atoms with Crippen LogP contribution in [0.3, 0.4) is 0 Å². The molecular formula is C37H46N4O. The Hall–Kier alpha value is -3.67. The van der Waals surface area contributed by atoms with Crippen LogP contribution in [-0.2, 0) is 13.1 Å². The Morgan fingerprint density at radius 3 is 2.29 bits per heavy atom. The van der Waals surface area contributed by atoms with Crippen LogP contribution in [0.4, 0.5) is 5.69 Å². The average molecular weight is 563 g/mol. The maximum atomic E-state index is 13.6. The van der Waals surface area contributed by atoms with E-state index in [-0.39, 0.29) is 5.91 Å². The monoisotopic (exact) mass is 562 g/mol. The molecule has 5 rings (SSSR count). The second kappa shape index (κ2) is 14.0. The van der Waals surface area contributed by atoms with Gasteiger partial charge < -0.3 is 11.1 Å². The van der Waals surface area contributed by atoms with E-state index in [1.165, 1.54) is 35.1 Å². The van der Waals surface area contributed by atoms with Crippen molar-refractivity contribution in [3.05, 3.63) is 117 Å². The van der Waals surface area contributed by atoms with Crippen molar-refractivity contribution in [1.29, 1.82) is 0 Å². The summed E-state index contributed by atoms with van der Waals surface area (Å²) < 4.78 is 0. The summed E-state index contributed by atoms with van der Waals surface area (Å²) in [5, 5.41) is 3.18. The van der Waals surface area contributed by atoms with Crippen molar-refractivity contribution in [3.8, 4) is 0 Å². The van der Waals surface area contributed by atoms with Crippen LogP contribution in [0.2, 0.25) is 0 Å². The predicted octanol–water partition coefficient (Wildman–Crippen LogP) is 7.45. The minimum atomic E-state index is -0.0751. The van der Waals surface area contributed by atoms with E-state index in [1.807, 2.05) is 30.3 Å². The maximum Gasteiger partial charge on any atom is 0.255 e. The lowest BCUT2D eigenvalue weighted by Crippen LogP contribution is -2.45. The summed E-state index contributed by atoms with van der Waals surface area (Å²) in [5.41, 5.74) is 17.7. The van der Waals surface area contributed by atoms with Crippen molar-refractivity contribution < 1.29 is 4.79 Å². The molecule has 0 bridgehead atoms. The molecule has 0 atom stereocenters. The van der Waals surface area contributed by atoms with Crippen molar-refractivity contribution >= 4 is 17.3 Å². The molecule has 1 aliphatic carbocycles. The predicted molar refractivity (Wildman–Crippen MR) is 175 cm³/mol. The molecule has 0 unspecified atom stereocenters. The molecule has 42 heavy (non-hydrogen) atoms. The Kier molecular flexibility index (Phi) is 9.93. The number of piperazine rings is 1. The lowest BCUT2D eigenvalue weighted by molar-refractivity contribution is 0.102. The first-order valence-electron chi connectivity index (χ1n) is 15.6. The Labute approximate surface area is 252 Å². The normalized spacial score (nSPS) is 18.7. The first-order chi connectivity index (χ1) is 20.4. The highest BCUT2D eigenvalue weighted by Gasteiger charge is 2.21. The zero-order valence-corrected chi connectivity index (χ0v) is 25.6. The number of nitrogens with one attached hydrogen (secondary N) is 1. The molecule has 1 aliphatic heterocycles. The lowest BCUT2D eigenvalue weighted by atomic mass is 9.85. The molecule has 2 aliphatic rings. The third-order valence-electron chi connectivity index (χ3n) is 8.72. The summed E-state index contributed by atoms with van der Waals surface area (Å²) in [6, 6.07) is 22.9. The molecule has 3 aromatic rings. The van der Waals surface area contributed by atoms with E-state index in [9.17, 15) is 4.79 Å². The van der Waals surface area contributed by atoms with E-state index >= 15 is 0 Å². The quantitative estimate of drug-likeness (QED) is 0.299. The highest BCUT2D eigenvalue weighted by Crippen LogP contribution is 2.34. The van der Waals surface area contributed by atoms with Crippen LogP contribution < -0.4 is 11.1 Å². The third kappa shape index (κ3) is 7.39. The minimum Gasteiger partial charge on any atom is -0.398 e. The number of carbonyl (C=O) groups is 1. The summed E-state index contributed by atoms with van der Waals surface area (Å²) in [7, 11) is 0. The van der Waals surface area contributed by atoms with Gasteiger partial charge in [-0.1, -0.05) is 67.1 Å². The number of carbonyl (C=O) groups excluding carboxylic acids is 1. The number of hydrogen-bond donors (Lipinski definition) is 2. The summed E-state index contributed by atoms with van der Waals surface area (Å²) in [4.78, 5) is 18.5. The van der Waals surface area contributed by atoms with Crippen molar-refractivity contribution in [1.82, 2.24) is 9.80 Å². The molecule has 5 nitrogen and oxygen atoms in total. The van der Waals surface area contributed by atoms with Crippen molar-refractivity contribution in [2.75, 3.05) is 31.5 Å². The van der Waals surface area contributed by atoms with Crippen LogP contribution in [0.15, 0.2) is 84.0 Å². The second-order valence-electron chi connectivity index (χ2n) is 11.9. The topological polar surface area (TPSA) is 61.6 Å². The van der Waals surface area contributed by atoms with Crippen LogP contribution in [-0.4, -0.2) is 41.9 Å². The number of allylic oxidation sites excluding steroid dienone is 3. The zero-order valence-electron chi connectivity index (χ0n) is 25.6. The summed E-state index contributed by atoms with van der Waals surface area (Å²) in [6.07, 6.45) is 7.84. The van der Waals surface area contributed by atoms with E-state index < -0.39 is 0 Å². The van der Waals surface area contributed by atoms with Gasteiger partial charge in [-0.25, -0.2) is 0 Å². The first kappa shape index (κ1) is 29.8. The number of nitrogens with zero attached hydrogens (tertiary/aromatic N) is 2. The van der Waals surface area contributed by atoms with E-state index in [0.717, 1.165) is 92.2 Å². The van der Waals surface area contributed by atoms with Gasteiger partial charge in [0, 0.05) is 61.8 Å². The molecule has 1 amide bonds. The van der Waals surface area contributed by atoms with E-state index in [4.69, 9.17) is 5.73 Å². The highest BCUT2D eigenvalue weighted by molar-refractivity contribution is 6.05. The lowest BCUT2D eigenvalue weighted by Gasteiger charge is -2.35. The van der Waals surface area contributed by atoms with Gasteiger partial charge in [0.2, 0.25) is 0 Å². The molecule has 1 heterocycles. The molecule has 0 aromatic heterocycles. The third-order valence-corrected chi connectivity index (χ3v) is 8.72. The SMILES string of the molecule is CC/C=C1\CCCC\C1=C(/N)c1cc(NC(=O)c2ccccc2CN2CCN(Cc3ccc(C)cc3)CC2)ccc1C. The number of rotatable bonds is 8. The standard InChI is InChI=1S/C37H46N4O/c1-4-9-30-10-5-7-12-33(30)36(38)35-24-32(19-16-28(35)3)39-37(42)34-13-8-6-11-31(34)26-41-22-20-40(21-23-41)25-29-17-14-27(2)15-18-29/h6,8-9,11,13-19,24H,4-5,7,10,12,20-23,25-26,38H2,1-3H3,(H,39,42)/b30-9+,36-33+. The van der Waals surface area contributed by atoms with Gasteiger partial charge in [-0.05, 0) is 92.0 Å². The van der Waals surface area contributed by atoms with E-state index in [1.54, 1.807) is 0 Å². The molecule has 0 spiro atoms. The fourth-order valence-electron chi connectivity index (χ4n) is 6.24. The van der Waals surface area contributed by atoms with Crippen LogP contribution in [0.25, 0.3) is 5.70 Å². The smallest absolute Gasteiger partial charge is 0.255 e. The highest BCUT2D eigenvalue weighted by atomic mass is 16.1. The second-order valence-corrected chi connectivity index (χ2v) is 11.9. The number of anilines is 1. The Bertz CT molecular complexity index is 1440. The number of nitrogens with two attached hydrogens (primary N) is 1. The number of aryl methyl sites for hydroxylation is 2.